The third kappa shape index (κ3) is 4.21. The number of hydrogen-bond acceptors (Lipinski definition) is 4. The van der Waals surface area contributed by atoms with E-state index in [0.717, 1.165) is 23.3 Å². The molecule has 1 N–H and O–H groups in total. The van der Waals surface area contributed by atoms with Crippen molar-refractivity contribution in [2.45, 2.75) is 19.4 Å². The molecule has 0 aliphatic carbocycles. The number of hydrazone groups is 1. The number of nitrogens with one attached hydrogen (secondary N) is 1. The van der Waals surface area contributed by atoms with Crippen LogP contribution in [0.4, 0.5) is 0 Å². The predicted octanol–water partition coefficient (Wildman–Crippen LogP) is 4.37. The Morgan fingerprint density at radius 2 is 1.89 bits per heavy atom. The molecule has 4 rings (SSSR count). The summed E-state index contributed by atoms with van der Waals surface area (Å²) in [6.45, 7) is 2.97. The first kappa shape index (κ1) is 18.6. The van der Waals surface area contributed by atoms with Crippen LogP contribution in [0, 0.1) is 6.92 Å². The number of thiophene rings is 1. The van der Waals surface area contributed by atoms with Gasteiger partial charge in [-0.05, 0) is 29.5 Å². The summed E-state index contributed by atoms with van der Waals surface area (Å²) in [5, 5.41) is 11.6. The first-order valence-electron chi connectivity index (χ1n) is 9.47. The van der Waals surface area contributed by atoms with Gasteiger partial charge in [-0.15, -0.1) is 11.3 Å². The van der Waals surface area contributed by atoms with Crippen LogP contribution in [0.25, 0.3) is 0 Å². The molecule has 2 aromatic carbocycles. The molecule has 3 aromatic rings. The topological polar surface area (TPSA) is 44.7 Å². The van der Waals surface area contributed by atoms with Crippen LogP contribution in [0.2, 0.25) is 0 Å². The summed E-state index contributed by atoms with van der Waals surface area (Å²) in [4.78, 5) is 13.9. The number of rotatable bonds is 6. The summed E-state index contributed by atoms with van der Waals surface area (Å²) in [7, 11) is 0. The minimum absolute atomic E-state index is 0.000371. The van der Waals surface area contributed by atoms with Crippen molar-refractivity contribution in [1.29, 1.82) is 0 Å². The SMILES string of the molecule is Cc1ccc([C@@H](NCC(=O)N2CCC(c3ccccc3)=N2)c2cccs2)cc1. The van der Waals surface area contributed by atoms with Crippen LogP contribution in [0.3, 0.4) is 0 Å². The molecule has 0 radical (unpaired) electrons. The second kappa shape index (κ2) is 8.50. The van der Waals surface area contributed by atoms with Crippen LogP contribution in [-0.4, -0.2) is 29.7 Å². The minimum Gasteiger partial charge on any atom is -0.297 e. The Labute approximate surface area is 169 Å². The fourth-order valence-electron chi connectivity index (χ4n) is 3.35. The van der Waals surface area contributed by atoms with Crippen LogP contribution in [0.1, 0.15) is 34.0 Å². The highest BCUT2D eigenvalue weighted by Gasteiger charge is 2.23. The number of carbonyl (C=O) groups is 1. The fraction of sp³-hybridized carbons (Fsp3) is 0.217. The normalized spacial score (nSPS) is 14.8. The van der Waals surface area contributed by atoms with Gasteiger partial charge in [0.1, 0.15) is 0 Å². The lowest BCUT2D eigenvalue weighted by molar-refractivity contribution is -0.129. The summed E-state index contributed by atoms with van der Waals surface area (Å²) in [5.41, 5.74) is 4.45. The second-order valence-corrected chi connectivity index (χ2v) is 7.90. The van der Waals surface area contributed by atoms with Gasteiger partial charge in [-0.25, -0.2) is 5.01 Å². The van der Waals surface area contributed by atoms with Crippen molar-refractivity contribution < 1.29 is 4.79 Å². The predicted molar refractivity (Wildman–Crippen MR) is 115 cm³/mol. The number of aryl methyl sites for hydroxylation is 1. The van der Waals surface area contributed by atoms with Crippen LogP contribution in [0.15, 0.2) is 77.2 Å². The van der Waals surface area contributed by atoms with Gasteiger partial charge in [-0.3, -0.25) is 10.1 Å². The van der Waals surface area contributed by atoms with E-state index in [9.17, 15) is 4.79 Å². The van der Waals surface area contributed by atoms with E-state index in [4.69, 9.17) is 0 Å². The summed E-state index contributed by atoms with van der Waals surface area (Å²) < 4.78 is 0. The van der Waals surface area contributed by atoms with Crippen LogP contribution < -0.4 is 5.32 Å². The molecule has 28 heavy (non-hydrogen) atoms. The molecule has 0 saturated heterocycles. The molecule has 1 aliphatic rings. The van der Waals surface area contributed by atoms with E-state index in [1.165, 1.54) is 10.4 Å². The Bertz CT molecular complexity index is 949. The maximum Gasteiger partial charge on any atom is 0.256 e. The van der Waals surface area contributed by atoms with Crippen LogP contribution in [-0.2, 0) is 4.79 Å². The molecule has 4 nitrogen and oxygen atoms in total. The summed E-state index contributed by atoms with van der Waals surface area (Å²) >= 11 is 1.70. The third-order valence-electron chi connectivity index (χ3n) is 4.89. The second-order valence-electron chi connectivity index (χ2n) is 6.92. The molecule has 0 saturated carbocycles. The number of benzene rings is 2. The van der Waals surface area contributed by atoms with Gasteiger partial charge in [0.2, 0.25) is 0 Å². The van der Waals surface area contributed by atoms with Crippen LogP contribution in [0.5, 0.6) is 0 Å². The largest absolute Gasteiger partial charge is 0.297 e. The number of carbonyl (C=O) groups excluding carboxylic acids is 1. The van der Waals surface area contributed by atoms with Gasteiger partial charge < -0.3 is 0 Å². The zero-order valence-electron chi connectivity index (χ0n) is 15.8. The van der Waals surface area contributed by atoms with E-state index in [1.807, 2.05) is 36.4 Å². The van der Waals surface area contributed by atoms with Crippen molar-refractivity contribution >= 4 is 23.0 Å². The maximum absolute atomic E-state index is 12.7. The van der Waals surface area contributed by atoms with E-state index in [1.54, 1.807) is 16.3 Å². The van der Waals surface area contributed by atoms with Gasteiger partial charge >= 0.3 is 0 Å². The molecule has 1 aromatic heterocycles. The zero-order chi connectivity index (χ0) is 19.3. The number of amides is 1. The average Bonchev–Trinajstić information content (AvgIpc) is 3.42. The molecule has 0 unspecified atom stereocenters. The summed E-state index contributed by atoms with van der Waals surface area (Å²) in [5.74, 6) is -0.000371. The smallest absolute Gasteiger partial charge is 0.256 e. The highest BCUT2D eigenvalue weighted by molar-refractivity contribution is 7.10. The van der Waals surface area contributed by atoms with Gasteiger partial charge in [0, 0.05) is 11.3 Å². The van der Waals surface area contributed by atoms with Crippen molar-refractivity contribution in [2.75, 3.05) is 13.1 Å². The fourth-order valence-corrected chi connectivity index (χ4v) is 4.18. The van der Waals surface area contributed by atoms with Crippen LogP contribution >= 0.6 is 11.3 Å². The van der Waals surface area contributed by atoms with Crippen molar-refractivity contribution in [3.63, 3.8) is 0 Å². The molecule has 2 heterocycles. The molecule has 142 valence electrons. The standard InChI is InChI=1S/C23H23N3OS/c1-17-9-11-19(12-10-17)23(21-8-5-15-28-21)24-16-22(27)26-14-13-20(25-26)18-6-3-2-4-7-18/h2-12,15,23-24H,13-14,16H2,1H3/t23-/m1/s1. The van der Waals surface area contributed by atoms with E-state index >= 15 is 0 Å². The van der Waals surface area contributed by atoms with Crippen molar-refractivity contribution in [3.05, 3.63) is 93.7 Å². The molecular formula is C23H23N3OS. The molecule has 1 amide bonds. The van der Waals surface area contributed by atoms with Gasteiger partial charge in [-0.2, -0.15) is 5.10 Å². The molecule has 1 atom stereocenters. The van der Waals surface area contributed by atoms with Crippen molar-refractivity contribution in [1.82, 2.24) is 10.3 Å². The minimum atomic E-state index is -0.000371. The Balaban J connectivity index is 1.45. The van der Waals surface area contributed by atoms with Crippen molar-refractivity contribution in [3.8, 4) is 0 Å². The molecule has 0 fully saturated rings. The highest BCUT2D eigenvalue weighted by atomic mass is 32.1. The zero-order valence-corrected chi connectivity index (χ0v) is 16.7. The number of hydrogen-bond donors (Lipinski definition) is 1. The summed E-state index contributed by atoms with van der Waals surface area (Å²) in [6.07, 6.45) is 0.794. The summed E-state index contributed by atoms with van der Waals surface area (Å²) in [6, 6.07) is 22.7. The van der Waals surface area contributed by atoms with Crippen molar-refractivity contribution in [2.24, 2.45) is 5.10 Å². The first-order chi connectivity index (χ1) is 13.7. The highest BCUT2D eigenvalue weighted by Crippen LogP contribution is 2.26. The van der Waals surface area contributed by atoms with Gasteiger partial charge in [0.15, 0.2) is 0 Å². The Hall–Kier alpha value is -2.76. The maximum atomic E-state index is 12.7. The average molecular weight is 390 g/mol. The van der Waals surface area contributed by atoms with E-state index in [-0.39, 0.29) is 18.5 Å². The molecule has 5 heteroatoms. The third-order valence-corrected chi connectivity index (χ3v) is 5.83. The lowest BCUT2D eigenvalue weighted by Crippen LogP contribution is -2.35. The molecule has 0 spiro atoms. The Morgan fingerprint density at radius 1 is 1.11 bits per heavy atom. The molecule has 0 bridgehead atoms. The lowest BCUT2D eigenvalue weighted by atomic mass is 10.0. The Kier molecular flexibility index (Phi) is 5.65. The van der Waals surface area contributed by atoms with E-state index in [2.05, 4.69) is 53.1 Å². The number of nitrogens with zero attached hydrogens (tertiary/aromatic N) is 2. The first-order valence-corrected chi connectivity index (χ1v) is 10.4. The van der Waals surface area contributed by atoms with E-state index < -0.39 is 0 Å². The quantitative estimate of drug-likeness (QED) is 0.680. The monoisotopic (exact) mass is 389 g/mol. The van der Waals surface area contributed by atoms with E-state index in [0.29, 0.717) is 6.54 Å². The van der Waals surface area contributed by atoms with Gasteiger partial charge in [0.25, 0.3) is 5.91 Å². The van der Waals surface area contributed by atoms with Gasteiger partial charge in [-0.1, -0.05) is 66.2 Å². The Morgan fingerprint density at radius 3 is 2.61 bits per heavy atom. The molecule has 1 aliphatic heterocycles. The van der Waals surface area contributed by atoms with Gasteiger partial charge in [0.05, 0.1) is 24.8 Å². The molecular weight excluding hydrogens is 366 g/mol. The lowest BCUT2D eigenvalue weighted by Gasteiger charge is -2.19.